The quantitative estimate of drug-likeness (QED) is 0.677. The van der Waals surface area contributed by atoms with Crippen molar-refractivity contribution in [1.29, 1.82) is 0 Å². The molecule has 0 atom stereocenters. The molecule has 2 aromatic rings. The van der Waals surface area contributed by atoms with E-state index >= 15 is 0 Å². The van der Waals surface area contributed by atoms with E-state index in [2.05, 4.69) is 38.5 Å². The van der Waals surface area contributed by atoms with Crippen molar-refractivity contribution in [3.63, 3.8) is 0 Å². The summed E-state index contributed by atoms with van der Waals surface area (Å²) in [7, 11) is 0. The summed E-state index contributed by atoms with van der Waals surface area (Å²) in [5.41, 5.74) is 1.63. The standard InChI is InChI=1S/C13H10BrFINO/c1-8-2-13(18)17(7-12(8)16)6-9-3-10(14)5-11(15)4-9/h2-5,7H,6H2,1H3. The van der Waals surface area contributed by atoms with Crippen molar-refractivity contribution in [2.75, 3.05) is 0 Å². The predicted molar refractivity (Wildman–Crippen MR) is 81.4 cm³/mol. The largest absolute Gasteiger partial charge is 0.310 e. The third-order valence-corrected chi connectivity index (χ3v) is 4.13. The lowest BCUT2D eigenvalue weighted by atomic mass is 10.2. The summed E-state index contributed by atoms with van der Waals surface area (Å²) >= 11 is 5.42. The minimum Gasteiger partial charge on any atom is -0.310 e. The molecule has 0 bridgehead atoms. The van der Waals surface area contributed by atoms with Gasteiger partial charge in [0.15, 0.2) is 0 Å². The molecule has 0 fully saturated rings. The zero-order valence-electron chi connectivity index (χ0n) is 9.58. The van der Waals surface area contributed by atoms with Crippen LogP contribution in [0.1, 0.15) is 11.1 Å². The first-order chi connectivity index (χ1) is 8.45. The number of aryl methyl sites for hydroxylation is 1. The molecule has 0 radical (unpaired) electrons. The Kier molecular flexibility index (Phi) is 4.21. The van der Waals surface area contributed by atoms with Crippen molar-refractivity contribution in [2.24, 2.45) is 0 Å². The first kappa shape index (κ1) is 13.7. The molecule has 0 aliphatic rings. The van der Waals surface area contributed by atoms with Gasteiger partial charge in [-0.25, -0.2) is 4.39 Å². The van der Waals surface area contributed by atoms with Gasteiger partial charge in [0.25, 0.3) is 5.56 Å². The van der Waals surface area contributed by atoms with E-state index in [-0.39, 0.29) is 11.4 Å². The Balaban J connectivity index is 2.40. The second kappa shape index (κ2) is 5.52. The van der Waals surface area contributed by atoms with Gasteiger partial charge >= 0.3 is 0 Å². The van der Waals surface area contributed by atoms with Gasteiger partial charge in [-0.15, -0.1) is 0 Å². The fraction of sp³-hybridized carbons (Fsp3) is 0.154. The van der Waals surface area contributed by atoms with Crippen LogP contribution in [-0.4, -0.2) is 4.57 Å². The molecule has 94 valence electrons. The number of benzene rings is 1. The van der Waals surface area contributed by atoms with Crippen LogP contribution in [0.2, 0.25) is 0 Å². The summed E-state index contributed by atoms with van der Waals surface area (Å²) in [5.74, 6) is -0.311. The van der Waals surface area contributed by atoms with Gasteiger partial charge in [-0.2, -0.15) is 0 Å². The van der Waals surface area contributed by atoms with Gasteiger partial charge in [-0.3, -0.25) is 4.79 Å². The summed E-state index contributed by atoms with van der Waals surface area (Å²) < 4.78 is 16.5. The monoisotopic (exact) mass is 421 g/mol. The van der Waals surface area contributed by atoms with Crippen LogP contribution >= 0.6 is 38.5 Å². The molecule has 5 heteroatoms. The molecule has 1 aromatic heterocycles. The highest BCUT2D eigenvalue weighted by molar-refractivity contribution is 14.1. The lowest BCUT2D eigenvalue weighted by Crippen LogP contribution is -2.20. The Morgan fingerprint density at radius 2 is 2.06 bits per heavy atom. The first-order valence-electron chi connectivity index (χ1n) is 5.27. The molecule has 1 heterocycles. The van der Waals surface area contributed by atoms with Crippen LogP contribution in [0.15, 0.2) is 39.7 Å². The topological polar surface area (TPSA) is 22.0 Å². The molecule has 0 aliphatic heterocycles. The van der Waals surface area contributed by atoms with Crippen molar-refractivity contribution in [1.82, 2.24) is 4.57 Å². The Bertz CT molecular complexity index is 634. The van der Waals surface area contributed by atoms with Crippen molar-refractivity contribution in [3.8, 4) is 0 Å². The fourth-order valence-corrected chi connectivity index (χ4v) is 2.67. The minimum atomic E-state index is -0.311. The number of rotatable bonds is 2. The molecule has 2 rings (SSSR count). The molecule has 1 aromatic carbocycles. The molecule has 0 saturated carbocycles. The molecule has 2 nitrogen and oxygen atoms in total. The molecule has 0 unspecified atom stereocenters. The van der Waals surface area contributed by atoms with Gasteiger partial charge < -0.3 is 4.57 Å². The van der Waals surface area contributed by atoms with Crippen LogP contribution in [0.3, 0.4) is 0 Å². The normalized spacial score (nSPS) is 10.7. The summed E-state index contributed by atoms with van der Waals surface area (Å²) in [5, 5.41) is 0. The van der Waals surface area contributed by atoms with E-state index in [0.29, 0.717) is 11.0 Å². The highest BCUT2D eigenvalue weighted by Crippen LogP contribution is 2.16. The van der Waals surface area contributed by atoms with Crippen LogP contribution < -0.4 is 5.56 Å². The molecule has 0 spiro atoms. The zero-order chi connectivity index (χ0) is 13.3. The molecule has 0 aliphatic carbocycles. The molecule has 18 heavy (non-hydrogen) atoms. The number of hydrogen-bond acceptors (Lipinski definition) is 1. The van der Waals surface area contributed by atoms with Crippen molar-refractivity contribution < 1.29 is 4.39 Å². The Morgan fingerprint density at radius 3 is 2.72 bits per heavy atom. The molecule has 0 amide bonds. The number of nitrogens with zero attached hydrogens (tertiary/aromatic N) is 1. The fourth-order valence-electron chi connectivity index (χ4n) is 1.66. The first-order valence-corrected chi connectivity index (χ1v) is 7.14. The van der Waals surface area contributed by atoms with Crippen LogP contribution in [0.25, 0.3) is 0 Å². The average molecular weight is 422 g/mol. The summed E-state index contributed by atoms with van der Waals surface area (Å²) in [6.45, 7) is 2.26. The van der Waals surface area contributed by atoms with E-state index in [1.165, 1.54) is 12.1 Å². The SMILES string of the molecule is Cc1cc(=O)n(Cc2cc(F)cc(Br)c2)cc1I. The molecular formula is C13H10BrFINO. The zero-order valence-corrected chi connectivity index (χ0v) is 13.3. The van der Waals surface area contributed by atoms with Gasteiger partial charge in [-0.05, 0) is 58.8 Å². The predicted octanol–water partition coefficient (Wildman–Crippen LogP) is 3.71. The Hall–Kier alpha value is -0.690. The third-order valence-electron chi connectivity index (χ3n) is 2.54. The van der Waals surface area contributed by atoms with Gasteiger partial charge in [0.1, 0.15) is 5.82 Å². The third kappa shape index (κ3) is 3.20. The summed E-state index contributed by atoms with van der Waals surface area (Å²) in [6.07, 6.45) is 1.79. The molecule has 0 N–H and O–H groups in total. The Morgan fingerprint density at radius 1 is 1.33 bits per heavy atom. The van der Waals surface area contributed by atoms with Crippen molar-refractivity contribution in [2.45, 2.75) is 13.5 Å². The highest BCUT2D eigenvalue weighted by atomic mass is 127. The molecule has 0 saturated heterocycles. The smallest absolute Gasteiger partial charge is 0.251 e. The van der Waals surface area contributed by atoms with E-state index in [9.17, 15) is 9.18 Å². The van der Waals surface area contributed by atoms with Gasteiger partial charge in [0, 0.05) is 20.3 Å². The number of halogens is 3. The van der Waals surface area contributed by atoms with E-state index in [1.54, 1.807) is 16.8 Å². The lowest BCUT2D eigenvalue weighted by Gasteiger charge is -2.08. The second-order valence-electron chi connectivity index (χ2n) is 4.05. The molecular weight excluding hydrogens is 412 g/mol. The maximum atomic E-state index is 13.3. The van der Waals surface area contributed by atoms with Crippen LogP contribution in [0.5, 0.6) is 0 Å². The van der Waals surface area contributed by atoms with Crippen LogP contribution in [0, 0.1) is 16.3 Å². The Labute approximate surface area is 126 Å². The van der Waals surface area contributed by atoms with Crippen molar-refractivity contribution in [3.05, 3.63) is 65.8 Å². The minimum absolute atomic E-state index is 0.0756. The van der Waals surface area contributed by atoms with Gasteiger partial charge in [-0.1, -0.05) is 15.9 Å². The van der Waals surface area contributed by atoms with Gasteiger partial charge in [0.05, 0.1) is 6.54 Å². The van der Waals surface area contributed by atoms with E-state index in [4.69, 9.17) is 0 Å². The summed E-state index contributed by atoms with van der Waals surface area (Å²) in [4.78, 5) is 11.8. The van der Waals surface area contributed by atoms with Crippen molar-refractivity contribution >= 4 is 38.5 Å². The lowest BCUT2D eigenvalue weighted by molar-refractivity contribution is 0.621. The van der Waals surface area contributed by atoms with E-state index in [1.807, 2.05) is 13.0 Å². The second-order valence-corrected chi connectivity index (χ2v) is 6.13. The van der Waals surface area contributed by atoms with Crippen LogP contribution in [-0.2, 0) is 6.54 Å². The van der Waals surface area contributed by atoms with Gasteiger partial charge in [0.2, 0.25) is 0 Å². The number of aromatic nitrogens is 1. The number of pyridine rings is 1. The number of hydrogen-bond donors (Lipinski definition) is 0. The van der Waals surface area contributed by atoms with E-state index < -0.39 is 0 Å². The summed E-state index contributed by atoms with van der Waals surface area (Å²) in [6, 6.07) is 6.23. The highest BCUT2D eigenvalue weighted by Gasteiger charge is 2.04. The van der Waals surface area contributed by atoms with Crippen LogP contribution in [0.4, 0.5) is 4.39 Å². The van der Waals surface area contributed by atoms with E-state index in [0.717, 1.165) is 14.7 Å². The average Bonchev–Trinajstić information content (AvgIpc) is 2.24. The maximum Gasteiger partial charge on any atom is 0.251 e. The maximum absolute atomic E-state index is 13.3.